The molecule has 1 N–H and O–H groups in total. The fraction of sp³-hybridized carbons (Fsp3) is 0.400. The lowest BCUT2D eigenvalue weighted by Crippen LogP contribution is -2.34. The summed E-state index contributed by atoms with van der Waals surface area (Å²) in [5.74, 6) is -0.546. The van der Waals surface area contributed by atoms with E-state index in [-0.39, 0.29) is 6.54 Å². The molecule has 0 fully saturated rings. The van der Waals surface area contributed by atoms with Crippen molar-refractivity contribution in [2.75, 3.05) is 23.2 Å². The molecule has 9 heteroatoms. The highest BCUT2D eigenvalue weighted by molar-refractivity contribution is 7.92. The quantitative estimate of drug-likeness (QED) is 0.743. The fourth-order valence-corrected chi connectivity index (χ4v) is 3.24. The maximum atomic E-state index is 12.0. The minimum Gasteiger partial charge on any atom is -0.270 e. The smallest absolute Gasteiger partial charge is 0.270 e. The van der Waals surface area contributed by atoms with Gasteiger partial charge in [-0.1, -0.05) is 18.2 Å². The molecule has 0 unspecified atom stereocenters. The van der Waals surface area contributed by atoms with Crippen LogP contribution in [0.15, 0.2) is 30.3 Å². The third-order valence-electron chi connectivity index (χ3n) is 2.24. The lowest BCUT2D eigenvalue weighted by atomic mass is 10.3. The Morgan fingerprint density at radius 2 is 1.74 bits per heavy atom. The summed E-state index contributed by atoms with van der Waals surface area (Å²) < 4.78 is 58.3. The Hall–Kier alpha value is -1.16. The summed E-state index contributed by atoms with van der Waals surface area (Å²) in [5, 5.41) is 0. The number of anilines is 1. The largest absolute Gasteiger partial charge is 0.397 e. The van der Waals surface area contributed by atoms with Crippen LogP contribution in [0.1, 0.15) is 6.92 Å². The maximum Gasteiger partial charge on any atom is 0.397 e. The van der Waals surface area contributed by atoms with E-state index in [9.17, 15) is 16.8 Å². The Labute approximate surface area is 112 Å². The van der Waals surface area contributed by atoms with E-state index in [1.165, 1.54) is 0 Å². The summed E-state index contributed by atoms with van der Waals surface area (Å²) in [6, 6.07) is 8.41. The van der Waals surface area contributed by atoms with Crippen molar-refractivity contribution in [2.45, 2.75) is 6.92 Å². The second-order valence-electron chi connectivity index (χ2n) is 3.57. The molecule has 108 valence electrons. The first-order valence-electron chi connectivity index (χ1n) is 5.43. The van der Waals surface area contributed by atoms with Gasteiger partial charge in [-0.2, -0.15) is 8.42 Å². The number of rotatable bonds is 7. The molecule has 0 amide bonds. The van der Waals surface area contributed by atoms with E-state index in [2.05, 4.69) is 4.18 Å². The first kappa shape index (κ1) is 15.9. The van der Waals surface area contributed by atoms with Crippen molar-refractivity contribution in [3.05, 3.63) is 30.3 Å². The first-order valence-corrected chi connectivity index (χ1v) is 8.41. The van der Waals surface area contributed by atoms with Crippen molar-refractivity contribution in [3.63, 3.8) is 0 Å². The van der Waals surface area contributed by atoms with Gasteiger partial charge in [-0.05, 0) is 19.1 Å². The molecule has 0 aliphatic heterocycles. The van der Waals surface area contributed by atoms with Crippen molar-refractivity contribution in [2.24, 2.45) is 0 Å². The van der Waals surface area contributed by atoms with E-state index in [0.29, 0.717) is 5.69 Å². The van der Waals surface area contributed by atoms with Crippen LogP contribution < -0.4 is 4.31 Å². The average molecular weight is 309 g/mol. The van der Waals surface area contributed by atoms with E-state index < -0.39 is 32.8 Å². The second kappa shape index (κ2) is 6.33. The summed E-state index contributed by atoms with van der Waals surface area (Å²) in [5.41, 5.74) is 0.483. The Morgan fingerprint density at radius 3 is 2.21 bits per heavy atom. The number of benzene rings is 1. The van der Waals surface area contributed by atoms with Crippen LogP contribution in [-0.4, -0.2) is 40.3 Å². The Morgan fingerprint density at radius 1 is 1.16 bits per heavy atom. The van der Waals surface area contributed by atoms with Crippen molar-refractivity contribution in [1.82, 2.24) is 0 Å². The molecule has 0 atom stereocenters. The maximum absolute atomic E-state index is 12.0. The van der Waals surface area contributed by atoms with Crippen molar-refractivity contribution in [1.29, 1.82) is 0 Å². The van der Waals surface area contributed by atoms with Crippen molar-refractivity contribution in [3.8, 4) is 0 Å². The fourth-order valence-electron chi connectivity index (χ4n) is 1.49. The SMILES string of the molecule is CCN(c1ccccc1)S(=O)(=O)CCOS(=O)(=O)O. The van der Waals surface area contributed by atoms with E-state index in [0.717, 1.165) is 4.31 Å². The van der Waals surface area contributed by atoms with Crippen LogP contribution in [0.3, 0.4) is 0 Å². The molecule has 1 aromatic rings. The molecular formula is C10H15NO6S2. The van der Waals surface area contributed by atoms with Gasteiger partial charge in [0.05, 0.1) is 18.0 Å². The molecule has 0 radical (unpaired) electrons. The van der Waals surface area contributed by atoms with Crippen LogP contribution in [-0.2, 0) is 24.6 Å². The van der Waals surface area contributed by atoms with Crippen LogP contribution in [0.5, 0.6) is 0 Å². The molecule has 0 saturated heterocycles. The molecule has 19 heavy (non-hydrogen) atoms. The average Bonchev–Trinajstić information content (AvgIpc) is 2.28. The zero-order valence-corrected chi connectivity index (χ0v) is 11.9. The Bertz CT molecular complexity index is 596. The van der Waals surface area contributed by atoms with Gasteiger partial charge in [-0.25, -0.2) is 12.6 Å². The molecular weight excluding hydrogens is 294 g/mol. The van der Waals surface area contributed by atoms with Gasteiger partial charge in [-0.3, -0.25) is 8.86 Å². The van der Waals surface area contributed by atoms with E-state index in [1.807, 2.05) is 0 Å². The highest BCUT2D eigenvalue weighted by Crippen LogP contribution is 2.17. The summed E-state index contributed by atoms with van der Waals surface area (Å²) in [6.07, 6.45) is 0. The lowest BCUT2D eigenvalue weighted by molar-refractivity contribution is 0.284. The minimum absolute atomic E-state index is 0.207. The van der Waals surface area contributed by atoms with Gasteiger partial charge in [0.2, 0.25) is 10.0 Å². The van der Waals surface area contributed by atoms with Gasteiger partial charge in [0, 0.05) is 6.54 Å². The second-order valence-corrected chi connectivity index (χ2v) is 6.67. The van der Waals surface area contributed by atoms with E-state index >= 15 is 0 Å². The zero-order chi connectivity index (χ0) is 14.5. The molecule has 0 aliphatic carbocycles. The third kappa shape index (κ3) is 5.15. The van der Waals surface area contributed by atoms with E-state index in [4.69, 9.17) is 4.55 Å². The van der Waals surface area contributed by atoms with Crippen LogP contribution in [0, 0.1) is 0 Å². The van der Waals surface area contributed by atoms with Crippen LogP contribution in [0.25, 0.3) is 0 Å². The van der Waals surface area contributed by atoms with Gasteiger partial charge < -0.3 is 0 Å². The first-order chi connectivity index (χ1) is 8.76. The van der Waals surface area contributed by atoms with Crippen LogP contribution in [0.4, 0.5) is 5.69 Å². The zero-order valence-electron chi connectivity index (χ0n) is 10.3. The minimum atomic E-state index is -4.63. The molecule has 0 spiro atoms. The molecule has 0 saturated carbocycles. The standard InChI is InChI=1S/C10H15NO6S2/c1-2-11(10-6-4-3-5-7-10)18(12,13)9-8-17-19(14,15)16/h3-7H,2,8-9H2,1H3,(H,14,15,16). The number of hydrogen-bond acceptors (Lipinski definition) is 5. The van der Waals surface area contributed by atoms with Gasteiger partial charge >= 0.3 is 10.4 Å². The van der Waals surface area contributed by atoms with Crippen molar-refractivity contribution >= 4 is 26.1 Å². The predicted octanol–water partition coefficient (Wildman–Crippen LogP) is 0.662. The van der Waals surface area contributed by atoms with Crippen LogP contribution in [0.2, 0.25) is 0 Å². The third-order valence-corrected chi connectivity index (χ3v) is 4.53. The van der Waals surface area contributed by atoms with Gasteiger partial charge in [0.1, 0.15) is 0 Å². The van der Waals surface area contributed by atoms with Gasteiger partial charge in [-0.15, -0.1) is 0 Å². The summed E-state index contributed by atoms with van der Waals surface area (Å²) >= 11 is 0. The molecule has 0 aromatic heterocycles. The number of para-hydroxylation sites is 1. The molecule has 0 heterocycles. The lowest BCUT2D eigenvalue weighted by Gasteiger charge is -2.22. The number of hydrogen-bond donors (Lipinski definition) is 1. The molecule has 7 nitrogen and oxygen atoms in total. The Balaban J connectivity index is 2.80. The van der Waals surface area contributed by atoms with Crippen molar-refractivity contribution < 1.29 is 25.6 Å². The van der Waals surface area contributed by atoms with Gasteiger partial charge in [0.25, 0.3) is 0 Å². The molecule has 1 rings (SSSR count). The topological polar surface area (TPSA) is 101 Å². The summed E-state index contributed by atoms with van der Waals surface area (Å²) in [7, 11) is -8.34. The Kier molecular flexibility index (Phi) is 5.29. The number of nitrogens with zero attached hydrogens (tertiary/aromatic N) is 1. The van der Waals surface area contributed by atoms with Gasteiger partial charge in [0.15, 0.2) is 0 Å². The molecule has 0 bridgehead atoms. The summed E-state index contributed by atoms with van der Waals surface area (Å²) in [6.45, 7) is 1.23. The highest BCUT2D eigenvalue weighted by Gasteiger charge is 2.21. The molecule has 1 aromatic carbocycles. The normalized spacial score (nSPS) is 12.3. The van der Waals surface area contributed by atoms with E-state index in [1.54, 1.807) is 37.3 Å². The monoisotopic (exact) mass is 309 g/mol. The highest BCUT2D eigenvalue weighted by atomic mass is 32.3. The van der Waals surface area contributed by atoms with Crippen LogP contribution >= 0.6 is 0 Å². The molecule has 0 aliphatic rings. The summed E-state index contributed by atoms with van der Waals surface area (Å²) in [4.78, 5) is 0. The predicted molar refractivity (Wildman–Crippen MR) is 70.7 cm³/mol. The number of sulfonamides is 1.